The molecule has 0 heterocycles. The van der Waals surface area contributed by atoms with Gasteiger partial charge in [0.15, 0.2) is 0 Å². The van der Waals surface area contributed by atoms with Gasteiger partial charge >= 0.3 is 6.18 Å². The molecule has 1 aliphatic carbocycles. The summed E-state index contributed by atoms with van der Waals surface area (Å²) < 4.78 is 40.4. The zero-order chi connectivity index (χ0) is 12.9. The molecule has 102 valence electrons. The van der Waals surface area contributed by atoms with Gasteiger partial charge in [-0.1, -0.05) is 32.6 Å². The molecule has 3 atom stereocenters. The standard InChI is InChI=1S/C12H22F3NO/c1-2-9-5-3-4-6-10(9)11(16)7-17-8-12(13,14)15/h9-11H,2-8,16H2,1H3. The van der Waals surface area contributed by atoms with Gasteiger partial charge in [0.1, 0.15) is 6.61 Å². The lowest BCUT2D eigenvalue weighted by Gasteiger charge is -2.35. The first-order valence-corrected chi connectivity index (χ1v) is 6.34. The van der Waals surface area contributed by atoms with E-state index >= 15 is 0 Å². The molecule has 0 aromatic heterocycles. The van der Waals surface area contributed by atoms with E-state index < -0.39 is 12.8 Å². The van der Waals surface area contributed by atoms with Gasteiger partial charge in [0.2, 0.25) is 0 Å². The van der Waals surface area contributed by atoms with E-state index in [9.17, 15) is 13.2 Å². The first-order valence-electron chi connectivity index (χ1n) is 6.34. The highest BCUT2D eigenvalue weighted by Crippen LogP contribution is 2.34. The summed E-state index contributed by atoms with van der Waals surface area (Å²) in [4.78, 5) is 0. The number of hydrogen-bond donors (Lipinski definition) is 1. The fourth-order valence-corrected chi connectivity index (χ4v) is 2.74. The summed E-state index contributed by atoms with van der Waals surface area (Å²) in [7, 11) is 0. The van der Waals surface area contributed by atoms with E-state index in [0.717, 1.165) is 25.7 Å². The van der Waals surface area contributed by atoms with Crippen molar-refractivity contribution in [2.24, 2.45) is 17.6 Å². The van der Waals surface area contributed by atoms with Crippen molar-refractivity contribution < 1.29 is 17.9 Å². The molecule has 1 rings (SSSR count). The Morgan fingerprint density at radius 3 is 2.53 bits per heavy atom. The van der Waals surface area contributed by atoms with Crippen LogP contribution in [-0.4, -0.2) is 25.4 Å². The molecule has 5 heteroatoms. The molecule has 0 aromatic rings. The minimum atomic E-state index is -4.25. The molecule has 3 unspecified atom stereocenters. The molecule has 0 spiro atoms. The lowest BCUT2D eigenvalue weighted by atomic mass is 9.74. The van der Waals surface area contributed by atoms with Crippen LogP contribution in [0.15, 0.2) is 0 Å². The highest BCUT2D eigenvalue weighted by atomic mass is 19.4. The number of hydrogen-bond acceptors (Lipinski definition) is 2. The highest BCUT2D eigenvalue weighted by molar-refractivity contribution is 4.82. The molecule has 1 fully saturated rings. The minimum absolute atomic E-state index is 0.0146. The fourth-order valence-electron chi connectivity index (χ4n) is 2.74. The van der Waals surface area contributed by atoms with Crippen LogP contribution in [0.3, 0.4) is 0 Å². The zero-order valence-electron chi connectivity index (χ0n) is 10.3. The second-order valence-electron chi connectivity index (χ2n) is 4.91. The number of rotatable bonds is 5. The number of alkyl halides is 3. The van der Waals surface area contributed by atoms with Crippen LogP contribution in [0.1, 0.15) is 39.0 Å². The Bertz CT molecular complexity index is 220. The van der Waals surface area contributed by atoms with Crippen molar-refractivity contribution in [2.45, 2.75) is 51.2 Å². The van der Waals surface area contributed by atoms with Crippen molar-refractivity contribution in [1.82, 2.24) is 0 Å². The first-order chi connectivity index (χ1) is 7.94. The average Bonchev–Trinajstić information content (AvgIpc) is 2.27. The quantitative estimate of drug-likeness (QED) is 0.817. The minimum Gasteiger partial charge on any atom is -0.370 e. The Hall–Kier alpha value is -0.290. The molecule has 0 bridgehead atoms. The molecule has 0 aliphatic heterocycles. The van der Waals surface area contributed by atoms with E-state index in [1.807, 2.05) is 0 Å². The molecular weight excluding hydrogens is 231 g/mol. The maximum Gasteiger partial charge on any atom is 0.411 e. The van der Waals surface area contributed by atoms with E-state index in [1.165, 1.54) is 6.42 Å². The fraction of sp³-hybridized carbons (Fsp3) is 1.00. The number of ether oxygens (including phenoxy) is 1. The summed E-state index contributed by atoms with van der Waals surface area (Å²) in [6.07, 6.45) is 1.32. The summed E-state index contributed by atoms with van der Waals surface area (Å²) in [6, 6.07) is -0.261. The number of nitrogens with two attached hydrogens (primary N) is 1. The van der Waals surface area contributed by atoms with Crippen LogP contribution in [0.5, 0.6) is 0 Å². The van der Waals surface area contributed by atoms with Crippen LogP contribution in [0, 0.1) is 11.8 Å². The van der Waals surface area contributed by atoms with Crippen LogP contribution < -0.4 is 5.73 Å². The average molecular weight is 253 g/mol. The molecule has 1 aliphatic rings. The normalized spacial score (nSPS) is 28.1. The van der Waals surface area contributed by atoms with E-state index in [2.05, 4.69) is 11.7 Å². The molecule has 0 amide bonds. The predicted octanol–water partition coefficient (Wildman–Crippen LogP) is 3.11. The molecule has 2 nitrogen and oxygen atoms in total. The van der Waals surface area contributed by atoms with Crippen LogP contribution in [0.2, 0.25) is 0 Å². The SMILES string of the molecule is CCC1CCCCC1C(N)COCC(F)(F)F. The van der Waals surface area contributed by atoms with E-state index in [4.69, 9.17) is 5.73 Å². The van der Waals surface area contributed by atoms with Crippen LogP contribution >= 0.6 is 0 Å². The summed E-state index contributed by atoms with van der Waals surface area (Å²) in [5.41, 5.74) is 5.95. The second kappa shape index (κ2) is 6.59. The molecule has 0 aromatic carbocycles. The maximum atomic E-state index is 11.9. The van der Waals surface area contributed by atoms with E-state index in [0.29, 0.717) is 11.8 Å². The Balaban J connectivity index is 2.32. The Labute approximate surface area is 101 Å². The van der Waals surface area contributed by atoms with Gasteiger partial charge < -0.3 is 10.5 Å². The zero-order valence-corrected chi connectivity index (χ0v) is 10.3. The topological polar surface area (TPSA) is 35.2 Å². The van der Waals surface area contributed by atoms with Crippen molar-refractivity contribution >= 4 is 0 Å². The van der Waals surface area contributed by atoms with Gasteiger partial charge in [0, 0.05) is 6.04 Å². The second-order valence-corrected chi connectivity index (χ2v) is 4.91. The smallest absolute Gasteiger partial charge is 0.370 e. The van der Waals surface area contributed by atoms with Crippen LogP contribution in [-0.2, 0) is 4.74 Å². The molecule has 17 heavy (non-hydrogen) atoms. The highest BCUT2D eigenvalue weighted by Gasteiger charge is 2.31. The number of halogens is 3. The van der Waals surface area contributed by atoms with Crippen molar-refractivity contribution in [3.05, 3.63) is 0 Å². The van der Waals surface area contributed by atoms with Crippen LogP contribution in [0.25, 0.3) is 0 Å². The van der Waals surface area contributed by atoms with Crippen molar-refractivity contribution in [1.29, 1.82) is 0 Å². The Morgan fingerprint density at radius 2 is 1.94 bits per heavy atom. The van der Waals surface area contributed by atoms with Gasteiger partial charge in [0.05, 0.1) is 6.61 Å². The summed E-state index contributed by atoms with van der Waals surface area (Å²) >= 11 is 0. The Kier molecular flexibility index (Phi) is 5.73. The lowest BCUT2D eigenvalue weighted by Crippen LogP contribution is -2.41. The van der Waals surface area contributed by atoms with Gasteiger partial charge in [-0.25, -0.2) is 0 Å². The van der Waals surface area contributed by atoms with Gasteiger partial charge in [-0.05, 0) is 18.3 Å². The van der Waals surface area contributed by atoms with Gasteiger partial charge in [0.25, 0.3) is 0 Å². The van der Waals surface area contributed by atoms with E-state index in [1.54, 1.807) is 0 Å². The molecule has 0 radical (unpaired) electrons. The van der Waals surface area contributed by atoms with Gasteiger partial charge in [-0.3, -0.25) is 0 Å². The lowest BCUT2D eigenvalue weighted by molar-refractivity contribution is -0.175. The van der Waals surface area contributed by atoms with Gasteiger partial charge in [-0.2, -0.15) is 13.2 Å². The summed E-state index contributed by atoms with van der Waals surface area (Å²) in [6.45, 7) is 0.942. The van der Waals surface area contributed by atoms with Crippen molar-refractivity contribution in [2.75, 3.05) is 13.2 Å². The third kappa shape index (κ3) is 5.25. The molecular formula is C12H22F3NO. The molecule has 2 N–H and O–H groups in total. The Morgan fingerprint density at radius 1 is 1.29 bits per heavy atom. The summed E-state index contributed by atoms with van der Waals surface area (Å²) in [5, 5.41) is 0. The third-order valence-corrected chi connectivity index (χ3v) is 3.62. The van der Waals surface area contributed by atoms with Crippen molar-refractivity contribution in [3.63, 3.8) is 0 Å². The summed E-state index contributed by atoms with van der Waals surface area (Å²) in [5.74, 6) is 0.871. The van der Waals surface area contributed by atoms with E-state index in [-0.39, 0.29) is 12.6 Å². The maximum absolute atomic E-state index is 11.9. The van der Waals surface area contributed by atoms with Gasteiger partial charge in [-0.15, -0.1) is 0 Å². The predicted molar refractivity (Wildman–Crippen MR) is 60.6 cm³/mol. The molecule has 0 saturated heterocycles. The van der Waals surface area contributed by atoms with Crippen molar-refractivity contribution in [3.8, 4) is 0 Å². The first kappa shape index (κ1) is 14.8. The third-order valence-electron chi connectivity index (χ3n) is 3.62. The monoisotopic (exact) mass is 253 g/mol. The molecule has 1 saturated carbocycles. The van der Waals surface area contributed by atoms with Crippen LogP contribution in [0.4, 0.5) is 13.2 Å². The largest absolute Gasteiger partial charge is 0.411 e.